The number of anilines is 2. The number of hydrogen-bond acceptors (Lipinski definition) is 7. The smallest absolute Gasteiger partial charge is 0.407 e. The van der Waals surface area contributed by atoms with E-state index in [0.29, 0.717) is 35.5 Å². The number of aromatic nitrogens is 2. The number of aliphatic hydroxyl groups excluding tert-OH is 1. The van der Waals surface area contributed by atoms with Crippen molar-refractivity contribution in [1.82, 2.24) is 15.3 Å². The molecule has 2 unspecified atom stereocenters. The van der Waals surface area contributed by atoms with Gasteiger partial charge in [0.15, 0.2) is 11.5 Å². The lowest BCUT2D eigenvalue weighted by molar-refractivity contribution is 0.0487. The minimum Gasteiger partial charge on any atom is -0.444 e. The number of nitrogens with zero attached hydrogens (tertiary/aromatic N) is 3. The van der Waals surface area contributed by atoms with Gasteiger partial charge in [-0.3, -0.25) is 9.78 Å². The predicted octanol–water partition coefficient (Wildman–Crippen LogP) is 3.34. The molecule has 1 aliphatic heterocycles. The normalized spacial score (nSPS) is 18.5. The summed E-state index contributed by atoms with van der Waals surface area (Å²) in [5.41, 5.74) is 0.00400. The van der Waals surface area contributed by atoms with E-state index in [1.807, 2.05) is 4.90 Å². The van der Waals surface area contributed by atoms with Gasteiger partial charge in [-0.2, -0.15) is 0 Å². The zero-order valence-electron chi connectivity index (χ0n) is 18.6. The van der Waals surface area contributed by atoms with E-state index in [-0.39, 0.29) is 24.3 Å². The Balaban J connectivity index is 1.80. The second-order valence-electron chi connectivity index (χ2n) is 8.84. The molecule has 3 heterocycles. The topological polar surface area (TPSA) is 117 Å². The SMILES string of the molecule is CC(C)(C)OC(=O)NC1CC(CO)CN(c2ccncc2NC(=O)c2nc(Br)ccc2F)C1. The van der Waals surface area contributed by atoms with Gasteiger partial charge in [-0.25, -0.2) is 14.2 Å². The zero-order chi connectivity index (χ0) is 24.2. The third-order valence-electron chi connectivity index (χ3n) is 4.93. The number of ether oxygens (including phenoxy) is 1. The summed E-state index contributed by atoms with van der Waals surface area (Å²) in [6.45, 7) is 6.20. The molecule has 0 saturated carbocycles. The molecule has 9 nitrogen and oxygen atoms in total. The number of halogens is 2. The van der Waals surface area contributed by atoms with Crippen molar-refractivity contribution in [2.45, 2.75) is 38.8 Å². The third kappa shape index (κ3) is 6.84. The summed E-state index contributed by atoms with van der Waals surface area (Å²) in [6, 6.07) is 3.98. The van der Waals surface area contributed by atoms with Gasteiger partial charge in [0, 0.05) is 31.8 Å². The number of piperidine rings is 1. The monoisotopic (exact) mass is 523 g/mol. The summed E-state index contributed by atoms with van der Waals surface area (Å²) in [5.74, 6) is -1.58. The number of alkyl carbamates (subject to hydrolysis) is 1. The molecule has 3 rings (SSSR count). The molecule has 11 heteroatoms. The van der Waals surface area contributed by atoms with Crippen LogP contribution in [0.3, 0.4) is 0 Å². The first-order valence-electron chi connectivity index (χ1n) is 10.5. The van der Waals surface area contributed by atoms with Gasteiger partial charge in [0.2, 0.25) is 0 Å². The number of hydrogen-bond donors (Lipinski definition) is 3. The molecular formula is C22H27BrFN5O4. The second-order valence-corrected chi connectivity index (χ2v) is 9.66. The van der Waals surface area contributed by atoms with Crippen molar-refractivity contribution in [3.05, 3.63) is 46.7 Å². The molecule has 0 spiro atoms. The number of carbonyl (C=O) groups excluding carboxylic acids is 2. The van der Waals surface area contributed by atoms with Crippen LogP contribution < -0.4 is 15.5 Å². The van der Waals surface area contributed by atoms with E-state index in [2.05, 4.69) is 36.5 Å². The highest BCUT2D eigenvalue weighted by molar-refractivity contribution is 9.10. The summed E-state index contributed by atoms with van der Waals surface area (Å²) in [6.07, 6.45) is 3.07. The highest BCUT2D eigenvalue weighted by Crippen LogP contribution is 2.30. The Kier molecular flexibility index (Phi) is 7.85. The molecule has 0 aromatic carbocycles. The molecule has 0 radical (unpaired) electrons. The summed E-state index contributed by atoms with van der Waals surface area (Å²) >= 11 is 3.14. The molecule has 2 amide bonds. The minimum absolute atomic E-state index is 0.0665. The Morgan fingerprint density at radius 1 is 1.30 bits per heavy atom. The minimum atomic E-state index is -0.749. The maximum atomic E-state index is 14.1. The number of rotatable bonds is 5. The first-order chi connectivity index (χ1) is 15.6. The van der Waals surface area contributed by atoms with Gasteiger partial charge in [0.05, 0.1) is 23.6 Å². The molecule has 2 atom stereocenters. The van der Waals surface area contributed by atoms with Crippen LogP contribution in [0.5, 0.6) is 0 Å². The van der Waals surface area contributed by atoms with E-state index in [9.17, 15) is 19.1 Å². The highest BCUT2D eigenvalue weighted by Gasteiger charge is 2.31. The summed E-state index contributed by atoms with van der Waals surface area (Å²) in [5, 5.41) is 15.3. The molecule has 33 heavy (non-hydrogen) atoms. The van der Waals surface area contributed by atoms with Gasteiger partial charge in [-0.05, 0) is 61.3 Å². The summed E-state index contributed by atoms with van der Waals surface area (Å²) in [4.78, 5) is 34.9. The quantitative estimate of drug-likeness (QED) is 0.514. The summed E-state index contributed by atoms with van der Waals surface area (Å²) < 4.78 is 19.8. The van der Waals surface area contributed by atoms with Crippen LogP contribution >= 0.6 is 15.9 Å². The summed E-state index contributed by atoms with van der Waals surface area (Å²) in [7, 11) is 0. The van der Waals surface area contributed by atoms with Gasteiger partial charge in [-0.1, -0.05) is 0 Å². The van der Waals surface area contributed by atoms with Gasteiger partial charge >= 0.3 is 6.09 Å². The molecule has 1 fully saturated rings. The van der Waals surface area contributed by atoms with Crippen LogP contribution in [-0.4, -0.2) is 58.4 Å². The van der Waals surface area contributed by atoms with Crippen molar-refractivity contribution in [2.75, 3.05) is 29.9 Å². The van der Waals surface area contributed by atoms with Crippen LogP contribution in [0.2, 0.25) is 0 Å². The predicted molar refractivity (Wildman–Crippen MR) is 125 cm³/mol. The fraction of sp³-hybridized carbons (Fsp3) is 0.455. The van der Waals surface area contributed by atoms with Crippen molar-refractivity contribution < 1.29 is 23.8 Å². The van der Waals surface area contributed by atoms with Gasteiger partial charge < -0.3 is 25.4 Å². The van der Waals surface area contributed by atoms with Gasteiger partial charge in [-0.15, -0.1) is 0 Å². The van der Waals surface area contributed by atoms with Crippen molar-refractivity contribution in [3.8, 4) is 0 Å². The van der Waals surface area contributed by atoms with Crippen LogP contribution in [0.4, 0.5) is 20.6 Å². The highest BCUT2D eigenvalue weighted by atomic mass is 79.9. The van der Waals surface area contributed by atoms with E-state index in [1.54, 1.807) is 33.0 Å². The first kappa shape index (κ1) is 24.8. The molecule has 3 N–H and O–H groups in total. The van der Waals surface area contributed by atoms with Crippen molar-refractivity contribution in [3.63, 3.8) is 0 Å². The average molecular weight is 524 g/mol. The number of carbonyl (C=O) groups is 2. The van der Waals surface area contributed by atoms with Crippen LogP contribution in [0.25, 0.3) is 0 Å². The molecular weight excluding hydrogens is 497 g/mol. The Morgan fingerprint density at radius 3 is 2.76 bits per heavy atom. The molecule has 0 aliphatic carbocycles. The molecule has 1 saturated heterocycles. The van der Waals surface area contributed by atoms with Crippen LogP contribution in [0.1, 0.15) is 37.7 Å². The maximum absolute atomic E-state index is 14.1. The van der Waals surface area contributed by atoms with Gasteiger partial charge in [0.1, 0.15) is 10.2 Å². The molecule has 0 bridgehead atoms. The Bertz CT molecular complexity index is 1020. The fourth-order valence-electron chi connectivity index (χ4n) is 3.63. The molecule has 178 valence electrons. The van der Waals surface area contributed by atoms with E-state index < -0.39 is 23.4 Å². The number of amides is 2. The second kappa shape index (κ2) is 10.4. The largest absolute Gasteiger partial charge is 0.444 e. The average Bonchev–Trinajstić information content (AvgIpc) is 2.74. The van der Waals surface area contributed by atoms with E-state index >= 15 is 0 Å². The Hall–Kier alpha value is -2.79. The van der Waals surface area contributed by atoms with Crippen molar-refractivity contribution in [2.24, 2.45) is 5.92 Å². The Labute approximate surface area is 199 Å². The lowest BCUT2D eigenvalue weighted by Crippen LogP contribution is -2.52. The number of pyridine rings is 2. The fourth-order valence-corrected chi connectivity index (χ4v) is 3.94. The standard InChI is InChI=1S/C22H27BrFN5O4/c1-22(2,3)33-21(32)26-14-8-13(12-30)10-29(11-14)17-6-7-25-9-16(17)27-20(31)19-15(24)4-5-18(23)28-19/h4-7,9,13-14,30H,8,10-12H2,1-3H3,(H,26,32)(H,27,31). The number of aliphatic hydroxyl groups is 1. The lowest BCUT2D eigenvalue weighted by atomic mass is 9.94. The number of nitrogens with one attached hydrogen (secondary N) is 2. The molecule has 1 aliphatic rings. The van der Waals surface area contributed by atoms with Crippen molar-refractivity contribution >= 4 is 39.3 Å². The van der Waals surface area contributed by atoms with Crippen LogP contribution in [-0.2, 0) is 4.74 Å². The molecule has 2 aromatic heterocycles. The maximum Gasteiger partial charge on any atom is 0.407 e. The zero-order valence-corrected chi connectivity index (χ0v) is 20.2. The molecule has 2 aromatic rings. The van der Waals surface area contributed by atoms with Gasteiger partial charge in [0.25, 0.3) is 5.91 Å². The first-order valence-corrected chi connectivity index (χ1v) is 11.3. The lowest BCUT2D eigenvalue weighted by Gasteiger charge is -2.39. The van der Waals surface area contributed by atoms with Crippen LogP contribution in [0, 0.1) is 11.7 Å². The van der Waals surface area contributed by atoms with E-state index in [0.717, 1.165) is 6.07 Å². The van der Waals surface area contributed by atoms with E-state index in [1.165, 1.54) is 12.3 Å². The third-order valence-corrected chi connectivity index (χ3v) is 5.37. The van der Waals surface area contributed by atoms with E-state index in [4.69, 9.17) is 4.74 Å². The van der Waals surface area contributed by atoms with Crippen LogP contribution in [0.15, 0.2) is 35.2 Å². The Morgan fingerprint density at radius 2 is 2.06 bits per heavy atom. The van der Waals surface area contributed by atoms with Crippen molar-refractivity contribution in [1.29, 1.82) is 0 Å².